The highest BCUT2D eigenvalue weighted by Crippen LogP contribution is 2.38. The normalized spacial score (nSPS) is 14.6. The molecule has 19 heavy (non-hydrogen) atoms. The van der Waals surface area contributed by atoms with E-state index in [-0.39, 0.29) is 11.8 Å². The number of carbonyl (C=O) groups excluding carboxylic acids is 2. The molecular weight excluding hydrogens is 260 g/mol. The Morgan fingerprint density at radius 1 is 1.37 bits per heavy atom. The number of nitrogens with two attached hydrogens (primary N) is 1. The molecule has 1 aromatic heterocycles. The van der Waals surface area contributed by atoms with Gasteiger partial charge in [-0.2, -0.15) is 0 Å². The van der Waals surface area contributed by atoms with Gasteiger partial charge in [0.05, 0.1) is 5.56 Å². The Morgan fingerprint density at radius 3 is 2.74 bits per heavy atom. The van der Waals surface area contributed by atoms with E-state index in [0.717, 1.165) is 28.5 Å². The molecule has 2 amide bonds. The summed E-state index contributed by atoms with van der Waals surface area (Å²) in [6.45, 7) is 1.99. The van der Waals surface area contributed by atoms with Crippen molar-refractivity contribution in [2.45, 2.75) is 19.8 Å². The van der Waals surface area contributed by atoms with Gasteiger partial charge in [0.25, 0.3) is 5.91 Å². The Balaban J connectivity index is 2.08. The second-order valence-electron chi connectivity index (χ2n) is 4.93. The number of carbonyl (C=O) groups is 2. The molecule has 4 nitrogen and oxygen atoms in total. The van der Waals surface area contributed by atoms with Crippen LogP contribution in [0.3, 0.4) is 0 Å². The molecule has 98 valence electrons. The monoisotopic (exact) mass is 274 g/mol. The number of benzene rings is 1. The van der Waals surface area contributed by atoms with E-state index in [1.165, 1.54) is 11.3 Å². The molecule has 0 saturated heterocycles. The number of aryl methyl sites for hydroxylation is 1. The Morgan fingerprint density at radius 2 is 2.11 bits per heavy atom. The molecule has 0 unspecified atom stereocenters. The smallest absolute Gasteiger partial charge is 0.252 e. The van der Waals surface area contributed by atoms with Crippen molar-refractivity contribution in [2.75, 3.05) is 5.32 Å². The molecule has 3 N–H and O–H groups in total. The molecule has 1 aliphatic carbocycles. The van der Waals surface area contributed by atoms with Gasteiger partial charge in [0.15, 0.2) is 0 Å². The van der Waals surface area contributed by atoms with Gasteiger partial charge in [-0.25, -0.2) is 0 Å². The number of anilines is 1. The molecule has 2 aromatic rings. The summed E-state index contributed by atoms with van der Waals surface area (Å²) in [6, 6.07) is 5.82. The standard InChI is InChI=1S/C14H14N2O2S/c1-7-2-5-9-10(6-7)19-14(11(9)12(15)17)16-13(18)8-3-4-8/h2,5-6,8H,3-4H2,1H3,(H2,15,17)(H,16,18). The number of primary amides is 1. The molecule has 1 aromatic carbocycles. The fourth-order valence-electron chi connectivity index (χ4n) is 2.10. The average molecular weight is 274 g/mol. The minimum Gasteiger partial charge on any atom is -0.365 e. The first-order valence-corrected chi connectivity index (χ1v) is 7.01. The number of nitrogens with one attached hydrogen (secondary N) is 1. The minimum absolute atomic E-state index is 0.00854. The summed E-state index contributed by atoms with van der Waals surface area (Å²) in [5.41, 5.74) is 6.99. The molecule has 0 spiro atoms. The Bertz CT molecular complexity index is 686. The zero-order valence-corrected chi connectivity index (χ0v) is 11.3. The molecule has 1 aliphatic rings. The van der Waals surface area contributed by atoms with Crippen molar-refractivity contribution in [2.24, 2.45) is 11.7 Å². The number of amides is 2. The molecule has 1 fully saturated rings. The highest BCUT2D eigenvalue weighted by Gasteiger charge is 2.31. The van der Waals surface area contributed by atoms with E-state index >= 15 is 0 Å². The number of hydrogen-bond acceptors (Lipinski definition) is 3. The van der Waals surface area contributed by atoms with Crippen LogP contribution in [0.15, 0.2) is 18.2 Å². The van der Waals surface area contributed by atoms with E-state index in [4.69, 9.17) is 5.73 Å². The van der Waals surface area contributed by atoms with Crippen molar-refractivity contribution in [3.05, 3.63) is 29.3 Å². The van der Waals surface area contributed by atoms with Gasteiger partial charge in [-0.1, -0.05) is 12.1 Å². The number of rotatable bonds is 3. The Hall–Kier alpha value is -1.88. The fourth-order valence-corrected chi connectivity index (χ4v) is 3.30. The highest BCUT2D eigenvalue weighted by atomic mass is 32.1. The van der Waals surface area contributed by atoms with Crippen molar-refractivity contribution in [1.82, 2.24) is 0 Å². The summed E-state index contributed by atoms with van der Waals surface area (Å²) in [5.74, 6) is -0.403. The first-order chi connectivity index (χ1) is 9.06. The first kappa shape index (κ1) is 12.2. The summed E-state index contributed by atoms with van der Waals surface area (Å²) in [4.78, 5) is 23.5. The summed E-state index contributed by atoms with van der Waals surface area (Å²) < 4.78 is 0.972. The fraction of sp³-hybridized carbons (Fsp3) is 0.286. The lowest BCUT2D eigenvalue weighted by molar-refractivity contribution is -0.117. The molecule has 0 radical (unpaired) electrons. The summed E-state index contributed by atoms with van der Waals surface area (Å²) in [7, 11) is 0. The largest absolute Gasteiger partial charge is 0.365 e. The maximum Gasteiger partial charge on any atom is 0.252 e. The van der Waals surface area contributed by atoms with Crippen molar-refractivity contribution in [1.29, 1.82) is 0 Å². The van der Waals surface area contributed by atoms with Crippen molar-refractivity contribution in [3.8, 4) is 0 Å². The van der Waals surface area contributed by atoms with Gasteiger partial charge in [0, 0.05) is 16.0 Å². The molecule has 3 rings (SSSR count). The van der Waals surface area contributed by atoms with Crippen LogP contribution in [-0.4, -0.2) is 11.8 Å². The minimum atomic E-state index is -0.499. The highest BCUT2D eigenvalue weighted by molar-refractivity contribution is 7.23. The lowest BCUT2D eigenvalue weighted by Gasteiger charge is -2.03. The Kier molecular flexibility index (Phi) is 2.78. The average Bonchev–Trinajstić information content (AvgIpc) is 3.11. The maximum absolute atomic E-state index is 11.8. The van der Waals surface area contributed by atoms with Crippen LogP contribution in [0.1, 0.15) is 28.8 Å². The van der Waals surface area contributed by atoms with Crippen LogP contribution in [-0.2, 0) is 4.79 Å². The van der Waals surface area contributed by atoms with E-state index in [2.05, 4.69) is 5.32 Å². The van der Waals surface area contributed by atoms with Crippen LogP contribution >= 0.6 is 11.3 Å². The second kappa shape index (κ2) is 4.35. The molecule has 5 heteroatoms. The number of fused-ring (bicyclic) bond motifs is 1. The van der Waals surface area contributed by atoms with Gasteiger partial charge < -0.3 is 11.1 Å². The molecular formula is C14H14N2O2S. The van der Waals surface area contributed by atoms with Crippen LogP contribution in [0.25, 0.3) is 10.1 Å². The first-order valence-electron chi connectivity index (χ1n) is 6.20. The maximum atomic E-state index is 11.8. The zero-order chi connectivity index (χ0) is 13.6. The van der Waals surface area contributed by atoms with Crippen LogP contribution in [0.4, 0.5) is 5.00 Å². The van der Waals surface area contributed by atoms with Crippen LogP contribution < -0.4 is 11.1 Å². The summed E-state index contributed by atoms with van der Waals surface area (Å²) >= 11 is 1.41. The van der Waals surface area contributed by atoms with Gasteiger partial charge in [0.2, 0.25) is 5.91 Å². The van der Waals surface area contributed by atoms with E-state index < -0.39 is 5.91 Å². The van der Waals surface area contributed by atoms with Gasteiger partial charge in [-0.3, -0.25) is 9.59 Å². The van der Waals surface area contributed by atoms with Crippen molar-refractivity contribution in [3.63, 3.8) is 0 Å². The van der Waals surface area contributed by atoms with Crippen molar-refractivity contribution < 1.29 is 9.59 Å². The van der Waals surface area contributed by atoms with Gasteiger partial charge >= 0.3 is 0 Å². The van der Waals surface area contributed by atoms with Crippen LogP contribution in [0.5, 0.6) is 0 Å². The second-order valence-corrected chi connectivity index (χ2v) is 5.99. The van der Waals surface area contributed by atoms with E-state index in [1.807, 2.05) is 25.1 Å². The van der Waals surface area contributed by atoms with Gasteiger partial charge in [-0.15, -0.1) is 11.3 Å². The third-order valence-corrected chi connectivity index (χ3v) is 4.34. The third kappa shape index (κ3) is 2.21. The predicted octanol–water partition coefficient (Wildman–Crippen LogP) is 2.66. The lowest BCUT2D eigenvalue weighted by atomic mass is 10.1. The molecule has 0 atom stereocenters. The Labute approximate surface area is 114 Å². The van der Waals surface area contributed by atoms with Gasteiger partial charge in [0.1, 0.15) is 5.00 Å². The molecule has 1 heterocycles. The molecule has 0 aliphatic heterocycles. The topological polar surface area (TPSA) is 72.2 Å². The predicted molar refractivity (Wildman–Crippen MR) is 76.4 cm³/mol. The van der Waals surface area contributed by atoms with E-state index in [0.29, 0.717) is 10.6 Å². The number of thiophene rings is 1. The SMILES string of the molecule is Cc1ccc2c(C(N)=O)c(NC(=O)C3CC3)sc2c1. The van der Waals surface area contributed by atoms with Crippen molar-refractivity contribution >= 4 is 38.2 Å². The quantitative estimate of drug-likeness (QED) is 0.903. The van der Waals surface area contributed by atoms with E-state index in [1.54, 1.807) is 0 Å². The van der Waals surface area contributed by atoms with Crippen LogP contribution in [0, 0.1) is 12.8 Å². The van der Waals surface area contributed by atoms with E-state index in [9.17, 15) is 9.59 Å². The molecule has 1 saturated carbocycles. The number of hydrogen-bond donors (Lipinski definition) is 2. The zero-order valence-electron chi connectivity index (χ0n) is 10.5. The third-order valence-electron chi connectivity index (χ3n) is 3.28. The van der Waals surface area contributed by atoms with Gasteiger partial charge in [-0.05, 0) is 31.4 Å². The lowest BCUT2D eigenvalue weighted by Crippen LogP contribution is -2.17. The van der Waals surface area contributed by atoms with Crippen LogP contribution in [0.2, 0.25) is 0 Å². The summed E-state index contributed by atoms with van der Waals surface area (Å²) in [5, 5.41) is 4.23. The summed E-state index contributed by atoms with van der Waals surface area (Å²) in [6.07, 6.45) is 1.86. The molecule has 0 bridgehead atoms.